The summed E-state index contributed by atoms with van der Waals surface area (Å²) in [5.41, 5.74) is 2.53. The summed E-state index contributed by atoms with van der Waals surface area (Å²) in [6.07, 6.45) is 0.559. The third-order valence-electron chi connectivity index (χ3n) is 4.86. The Morgan fingerprint density at radius 1 is 1.28 bits per heavy atom. The maximum atomic E-state index is 14.4. The normalized spacial score (nSPS) is 12.4. The van der Waals surface area contributed by atoms with E-state index in [1.54, 1.807) is 37.0 Å². The highest BCUT2D eigenvalue weighted by Crippen LogP contribution is 2.33. The standard InChI is InChI=1S/C21H21ClFN5O3S/c1-4-32-21-24-10-14-5-7-15(22)19(27(14)21)20(29)18-12(2)28(26-25-18)13-6-8-17(16(23)9-13)31-11-30-3/h5-10,20,29H,4,11H2,1-3H3. The van der Waals surface area contributed by atoms with E-state index in [2.05, 4.69) is 15.3 Å². The summed E-state index contributed by atoms with van der Waals surface area (Å²) in [5.74, 6) is 0.309. The van der Waals surface area contributed by atoms with Gasteiger partial charge in [-0.05, 0) is 36.9 Å². The third-order valence-corrected chi connectivity index (χ3v) is 6.01. The summed E-state index contributed by atoms with van der Waals surface area (Å²) in [4.78, 5) is 4.43. The molecule has 3 heterocycles. The number of methoxy groups -OCH3 is 1. The van der Waals surface area contributed by atoms with Gasteiger partial charge in [0.05, 0.1) is 33.8 Å². The first-order valence-electron chi connectivity index (χ1n) is 9.76. The van der Waals surface area contributed by atoms with Gasteiger partial charge in [-0.2, -0.15) is 0 Å². The summed E-state index contributed by atoms with van der Waals surface area (Å²) in [6, 6.07) is 7.96. The number of rotatable bonds is 8. The van der Waals surface area contributed by atoms with Gasteiger partial charge in [0.25, 0.3) is 0 Å². The van der Waals surface area contributed by atoms with Crippen LogP contribution in [0, 0.1) is 12.7 Å². The van der Waals surface area contributed by atoms with Crippen molar-refractivity contribution >= 4 is 28.9 Å². The van der Waals surface area contributed by atoms with E-state index in [1.807, 2.05) is 17.4 Å². The van der Waals surface area contributed by atoms with E-state index in [0.29, 0.717) is 27.8 Å². The van der Waals surface area contributed by atoms with Crippen LogP contribution in [0.5, 0.6) is 5.75 Å². The van der Waals surface area contributed by atoms with Gasteiger partial charge in [0.1, 0.15) is 11.8 Å². The van der Waals surface area contributed by atoms with Crippen LogP contribution in [-0.4, -0.2) is 49.1 Å². The highest BCUT2D eigenvalue weighted by atomic mass is 35.5. The average molecular weight is 478 g/mol. The lowest BCUT2D eigenvalue weighted by Crippen LogP contribution is -2.10. The third kappa shape index (κ3) is 4.06. The molecule has 1 atom stereocenters. The minimum Gasteiger partial charge on any atom is -0.464 e. The van der Waals surface area contributed by atoms with Gasteiger partial charge >= 0.3 is 0 Å². The van der Waals surface area contributed by atoms with Gasteiger partial charge in [-0.15, -0.1) is 5.10 Å². The highest BCUT2D eigenvalue weighted by Gasteiger charge is 2.26. The largest absolute Gasteiger partial charge is 0.464 e. The zero-order valence-electron chi connectivity index (χ0n) is 17.6. The molecule has 0 saturated carbocycles. The zero-order chi connectivity index (χ0) is 22.8. The number of aromatic nitrogens is 5. The number of ether oxygens (including phenoxy) is 2. The van der Waals surface area contributed by atoms with Crippen molar-refractivity contribution in [3.63, 3.8) is 0 Å². The molecule has 0 saturated heterocycles. The SMILES string of the molecule is CCSc1ncc2ccc(Cl)c(C(O)c3nnn(-c4ccc(OCOC)c(F)c4)c3C)n12. The Kier molecular flexibility index (Phi) is 6.66. The van der Waals surface area contributed by atoms with Crippen LogP contribution >= 0.6 is 23.4 Å². The fourth-order valence-electron chi connectivity index (χ4n) is 3.37. The van der Waals surface area contributed by atoms with E-state index in [-0.39, 0.29) is 12.5 Å². The van der Waals surface area contributed by atoms with Gasteiger partial charge in [0.15, 0.2) is 23.5 Å². The first kappa shape index (κ1) is 22.5. The molecule has 168 valence electrons. The quantitative estimate of drug-likeness (QED) is 0.301. The molecular weight excluding hydrogens is 457 g/mol. The van der Waals surface area contributed by atoms with Crippen LogP contribution in [0.1, 0.15) is 30.1 Å². The van der Waals surface area contributed by atoms with Crippen molar-refractivity contribution in [3.8, 4) is 11.4 Å². The molecule has 3 aromatic heterocycles. The van der Waals surface area contributed by atoms with Crippen LogP contribution < -0.4 is 4.74 Å². The number of halogens is 2. The van der Waals surface area contributed by atoms with Gasteiger partial charge in [0.2, 0.25) is 0 Å². The molecule has 0 aliphatic rings. The van der Waals surface area contributed by atoms with E-state index in [9.17, 15) is 9.50 Å². The van der Waals surface area contributed by atoms with Crippen molar-refractivity contribution in [2.24, 2.45) is 0 Å². The van der Waals surface area contributed by atoms with Crippen LogP contribution in [0.25, 0.3) is 11.2 Å². The fourth-order valence-corrected chi connectivity index (χ4v) is 4.34. The van der Waals surface area contributed by atoms with Gasteiger partial charge in [-0.3, -0.25) is 4.40 Å². The Morgan fingerprint density at radius 2 is 2.09 bits per heavy atom. The lowest BCUT2D eigenvalue weighted by Gasteiger charge is -2.15. The minimum atomic E-state index is -1.17. The van der Waals surface area contributed by atoms with Crippen LogP contribution in [0.2, 0.25) is 5.02 Å². The van der Waals surface area contributed by atoms with Crippen LogP contribution in [-0.2, 0) is 4.74 Å². The first-order chi connectivity index (χ1) is 15.5. The molecule has 8 nitrogen and oxygen atoms in total. The summed E-state index contributed by atoms with van der Waals surface area (Å²) < 4.78 is 27.7. The second-order valence-electron chi connectivity index (χ2n) is 6.84. The number of hydrogen-bond donors (Lipinski definition) is 1. The Balaban J connectivity index is 1.74. The van der Waals surface area contributed by atoms with Crippen molar-refractivity contribution in [2.45, 2.75) is 25.1 Å². The Labute approximate surface area is 192 Å². The number of aliphatic hydroxyl groups is 1. The van der Waals surface area contributed by atoms with Gasteiger partial charge in [-0.25, -0.2) is 14.1 Å². The number of hydrogen-bond acceptors (Lipinski definition) is 7. The predicted molar refractivity (Wildman–Crippen MR) is 119 cm³/mol. The minimum absolute atomic E-state index is 0.0617. The summed E-state index contributed by atoms with van der Waals surface area (Å²) in [7, 11) is 1.46. The molecule has 0 spiro atoms. The maximum Gasteiger partial charge on any atom is 0.188 e. The van der Waals surface area contributed by atoms with E-state index in [0.717, 1.165) is 16.4 Å². The van der Waals surface area contributed by atoms with Crippen LogP contribution in [0.4, 0.5) is 4.39 Å². The van der Waals surface area contributed by atoms with Crippen LogP contribution in [0.15, 0.2) is 41.7 Å². The molecule has 1 unspecified atom stereocenters. The summed E-state index contributed by atoms with van der Waals surface area (Å²) in [5, 5.41) is 20.6. The number of pyridine rings is 1. The lowest BCUT2D eigenvalue weighted by molar-refractivity contribution is 0.0483. The van der Waals surface area contributed by atoms with Gasteiger partial charge < -0.3 is 14.6 Å². The summed E-state index contributed by atoms with van der Waals surface area (Å²) >= 11 is 8.03. The number of thioether (sulfide) groups is 1. The second-order valence-corrected chi connectivity index (χ2v) is 8.48. The number of imidazole rings is 1. The van der Waals surface area contributed by atoms with E-state index in [1.165, 1.54) is 23.9 Å². The molecule has 32 heavy (non-hydrogen) atoms. The predicted octanol–water partition coefficient (Wildman–Crippen LogP) is 4.19. The Bertz CT molecular complexity index is 1260. The van der Waals surface area contributed by atoms with Crippen molar-refractivity contribution in [1.82, 2.24) is 24.4 Å². The molecule has 4 rings (SSSR count). The molecule has 11 heteroatoms. The average Bonchev–Trinajstić information content (AvgIpc) is 3.36. The van der Waals surface area contributed by atoms with Crippen molar-refractivity contribution in [1.29, 1.82) is 0 Å². The Hall–Kier alpha value is -2.66. The van der Waals surface area contributed by atoms with Crippen molar-refractivity contribution < 1.29 is 19.0 Å². The van der Waals surface area contributed by atoms with Crippen LogP contribution in [0.3, 0.4) is 0 Å². The molecule has 4 aromatic rings. The van der Waals surface area contributed by atoms with Gasteiger partial charge in [0, 0.05) is 13.2 Å². The fraction of sp³-hybridized carbons (Fsp3) is 0.286. The molecular formula is C21H21ClFN5O3S. The lowest BCUT2D eigenvalue weighted by atomic mass is 10.1. The number of benzene rings is 1. The summed E-state index contributed by atoms with van der Waals surface area (Å²) in [6.45, 7) is 3.70. The van der Waals surface area contributed by atoms with E-state index < -0.39 is 11.9 Å². The number of nitrogens with zero attached hydrogens (tertiary/aromatic N) is 5. The smallest absolute Gasteiger partial charge is 0.188 e. The molecule has 0 fully saturated rings. The number of aliphatic hydroxyl groups excluding tert-OH is 1. The molecule has 0 aliphatic heterocycles. The zero-order valence-corrected chi connectivity index (χ0v) is 19.2. The molecule has 0 aliphatic carbocycles. The van der Waals surface area contributed by atoms with E-state index in [4.69, 9.17) is 21.1 Å². The maximum absolute atomic E-state index is 14.4. The molecule has 0 bridgehead atoms. The number of fused-ring (bicyclic) bond motifs is 1. The molecule has 1 aromatic carbocycles. The first-order valence-corrected chi connectivity index (χ1v) is 11.1. The molecule has 1 N–H and O–H groups in total. The monoisotopic (exact) mass is 477 g/mol. The second kappa shape index (κ2) is 9.45. The van der Waals surface area contributed by atoms with Crippen molar-refractivity contribution in [2.75, 3.05) is 19.7 Å². The Morgan fingerprint density at radius 3 is 2.81 bits per heavy atom. The van der Waals surface area contributed by atoms with E-state index >= 15 is 0 Å². The van der Waals surface area contributed by atoms with Crippen molar-refractivity contribution in [3.05, 3.63) is 64.5 Å². The topological polar surface area (TPSA) is 86.7 Å². The molecule has 0 radical (unpaired) electrons. The van der Waals surface area contributed by atoms with Gasteiger partial charge in [-0.1, -0.05) is 35.5 Å². The highest BCUT2D eigenvalue weighted by molar-refractivity contribution is 7.99. The molecule has 0 amide bonds.